The molecule has 0 saturated heterocycles. The summed E-state index contributed by atoms with van der Waals surface area (Å²) in [6.45, 7) is 3.95. The van der Waals surface area contributed by atoms with Gasteiger partial charge in [-0.05, 0) is 23.6 Å². The molecule has 0 saturated carbocycles. The van der Waals surface area contributed by atoms with Crippen molar-refractivity contribution in [2.45, 2.75) is 25.7 Å². The van der Waals surface area contributed by atoms with Crippen molar-refractivity contribution < 1.29 is 15.0 Å². The molecule has 0 amide bonds. The van der Waals surface area contributed by atoms with Crippen LogP contribution in [0.2, 0.25) is 0 Å². The second-order valence-corrected chi connectivity index (χ2v) is 5.07. The van der Waals surface area contributed by atoms with E-state index in [2.05, 4.69) is 15.9 Å². The van der Waals surface area contributed by atoms with E-state index in [-0.39, 0.29) is 18.2 Å². The van der Waals surface area contributed by atoms with Gasteiger partial charge in [-0.3, -0.25) is 4.79 Å². The van der Waals surface area contributed by atoms with Crippen molar-refractivity contribution in [2.75, 3.05) is 6.54 Å². The van der Waals surface area contributed by atoms with Crippen molar-refractivity contribution in [1.82, 2.24) is 0 Å². The van der Waals surface area contributed by atoms with E-state index >= 15 is 0 Å². The summed E-state index contributed by atoms with van der Waals surface area (Å²) in [5, 5.41) is 18.9. The Morgan fingerprint density at radius 2 is 2.00 bits per heavy atom. The lowest BCUT2D eigenvalue weighted by atomic mass is 9.94. The molecule has 0 aliphatic carbocycles. The van der Waals surface area contributed by atoms with Gasteiger partial charge in [0.05, 0.1) is 5.92 Å². The van der Waals surface area contributed by atoms with Gasteiger partial charge < -0.3 is 15.9 Å². The molecule has 1 atom stereocenters. The van der Waals surface area contributed by atoms with Crippen LogP contribution >= 0.6 is 15.9 Å². The highest BCUT2D eigenvalue weighted by Gasteiger charge is 2.23. The van der Waals surface area contributed by atoms with E-state index in [1.54, 1.807) is 12.1 Å². The van der Waals surface area contributed by atoms with Crippen LogP contribution in [0.15, 0.2) is 16.6 Å². The first kappa shape index (κ1) is 14.0. The second kappa shape index (κ2) is 5.51. The van der Waals surface area contributed by atoms with Gasteiger partial charge in [0.2, 0.25) is 0 Å². The number of nitrogens with two attached hydrogens (primary N) is 1. The van der Waals surface area contributed by atoms with Gasteiger partial charge in [-0.2, -0.15) is 0 Å². The summed E-state index contributed by atoms with van der Waals surface area (Å²) in [6.07, 6.45) is 0. The van der Waals surface area contributed by atoms with Gasteiger partial charge in [0, 0.05) is 16.6 Å². The second-order valence-electron chi connectivity index (χ2n) is 4.21. The number of phenols is 1. The average molecular weight is 302 g/mol. The number of phenolic OH excluding ortho intramolecular Hbond substituents is 1. The molecule has 0 aromatic heterocycles. The van der Waals surface area contributed by atoms with Crippen molar-refractivity contribution in [3.05, 3.63) is 27.7 Å². The minimum Gasteiger partial charge on any atom is -0.508 e. The van der Waals surface area contributed by atoms with Crippen molar-refractivity contribution in [3.8, 4) is 5.75 Å². The molecular weight excluding hydrogens is 286 g/mol. The molecule has 1 unspecified atom stereocenters. The van der Waals surface area contributed by atoms with Crippen molar-refractivity contribution in [2.24, 2.45) is 5.73 Å². The summed E-state index contributed by atoms with van der Waals surface area (Å²) in [4.78, 5) is 11.0. The van der Waals surface area contributed by atoms with E-state index in [0.717, 1.165) is 10.0 Å². The molecular formula is C12H16BrNO3. The average Bonchev–Trinajstić information content (AvgIpc) is 2.22. The molecule has 1 rings (SSSR count). The number of aromatic hydroxyl groups is 1. The first-order valence-electron chi connectivity index (χ1n) is 5.33. The summed E-state index contributed by atoms with van der Waals surface area (Å²) in [5.41, 5.74) is 6.70. The number of carbonyl (C=O) groups is 1. The quantitative estimate of drug-likeness (QED) is 0.797. The van der Waals surface area contributed by atoms with Crippen molar-refractivity contribution in [1.29, 1.82) is 0 Å². The molecule has 17 heavy (non-hydrogen) atoms. The van der Waals surface area contributed by atoms with E-state index < -0.39 is 11.9 Å². The summed E-state index contributed by atoms with van der Waals surface area (Å²) in [6, 6.07) is 3.23. The maximum Gasteiger partial charge on any atom is 0.312 e. The Bertz CT molecular complexity index is 432. The summed E-state index contributed by atoms with van der Waals surface area (Å²) >= 11 is 3.38. The van der Waals surface area contributed by atoms with Gasteiger partial charge in [0.25, 0.3) is 0 Å². The Balaban J connectivity index is 3.28. The molecule has 0 bridgehead atoms. The van der Waals surface area contributed by atoms with Crippen LogP contribution in [0.4, 0.5) is 0 Å². The number of halogens is 1. The fraction of sp³-hybridized carbons (Fsp3) is 0.417. The van der Waals surface area contributed by atoms with Gasteiger partial charge in [0.1, 0.15) is 5.75 Å². The highest BCUT2D eigenvalue weighted by molar-refractivity contribution is 9.10. The molecule has 0 radical (unpaired) electrons. The Morgan fingerprint density at radius 3 is 2.41 bits per heavy atom. The lowest BCUT2D eigenvalue weighted by molar-refractivity contribution is -0.138. The number of rotatable bonds is 4. The van der Waals surface area contributed by atoms with Crippen LogP contribution in [0.25, 0.3) is 0 Å². The maximum atomic E-state index is 11.0. The normalized spacial score (nSPS) is 12.8. The molecule has 0 spiro atoms. The third-order valence-electron chi connectivity index (χ3n) is 2.68. The van der Waals surface area contributed by atoms with Crippen molar-refractivity contribution in [3.63, 3.8) is 0 Å². The standard InChI is InChI=1S/C12H16BrNO3/c1-6(2)7-4-11(15)8(3-10(7)13)9(5-14)12(16)17/h3-4,6,9,15H,5,14H2,1-2H3,(H,16,17). The zero-order valence-corrected chi connectivity index (χ0v) is 11.4. The monoisotopic (exact) mass is 301 g/mol. The molecule has 0 aliphatic rings. The predicted octanol–water partition coefficient (Wildman–Crippen LogP) is 2.41. The van der Waals surface area contributed by atoms with E-state index in [1.165, 1.54) is 0 Å². The van der Waals surface area contributed by atoms with Gasteiger partial charge in [-0.25, -0.2) is 0 Å². The highest BCUT2D eigenvalue weighted by Crippen LogP contribution is 2.34. The first-order chi connectivity index (χ1) is 7.88. The lowest BCUT2D eigenvalue weighted by Crippen LogP contribution is -2.21. The molecule has 0 fully saturated rings. The molecule has 5 heteroatoms. The predicted molar refractivity (Wildman–Crippen MR) is 69.3 cm³/mol. The van der Waals surface area contributed by atoms with E-state index in [0.29, 0.717) is 5.56 Å². The summed E-state index contributed by atoms with van der Waals surface area (Å²) in [5.74, 6) is -1.69. The third-order valence-corrected chi connectivity index (χ3v) is 3.36. The van der Waals surface area contributed by atoms with Gasteiger partial charge >= 0.3 is 5.97 Å². The number of hydrogen-bond acceptors (Lipinski definition) is 3. The Kier molecular flexibility index (Phi) is 4.54. The van der Waals surface area contributed by atoms with Gasteiger partial charge in [0.15, 0.2) is 0 Å². The topological polar surface area (TPSA) is 83.5 Å². The maximum absolute atomic E-state index is 11.0. The SMILES string of the molecule is CC(C)c1cc(O)c(C(CN)C(=O)O)cc1Br. The van der Waals surface area contributed by atoms with Crippen LogP contribution in [-0.4, -0.2) is 22.7 Å². The summed E-state index contributed by atoms with van der Waals surface area (Å²) in [7, 11) is 0. The molecule has 0 aliphatic heterocycles. The number of benzene rings is 1. The zero-order chi connectivity index (χ0) is 13.2. The molecule has 1 aromatic carbocycles. The van der Waals surface area contributed by atoms with E-state index in [1.807, 2.05) is 13.8 Å². The first-order valence-corrected chi connectivity index (χ1v) is 6.13. The number of carboxylic acid groups (broad SMARTS) is 1. The minimum absolute atomic E-state index is 0.0187. The number of aliphatic carboxylic acids is 1. The Hall–Kier alpha value is -1.07. The third kappa shape index (κ3) is 2.98. The van der Waals surface area contributed by atoms with Gasteiger partial charge in [-0.1, -0.05) is 29.8 Å². The fourth-order valence-electron chi connectivity index (χ4n) is 1.68. The molecule has 4 nitrogen and oxygen atoms in total. The summed E-state index contributed by atoms with van der Waals surface area (Å²) < 4.78 is 0.792. The smallest absolute Gasteiger partial charge is 0.312 e. The van der Waals surface area contributed by atoms with Crippen LogP contribution in [0.3, 0.4) is 0 Å². The van der Waals surface area contributed by atoms with Crippen LogP contribution in [0.5, 0.6) is 5.75 Å². The number of carboxylic acids is 1. The Labute approximate surface area is 109 Å². The van der Waals surface area contributed by atoms with Crippen LogP contribution in [-0.2, 0) is 4.79 Å². The van der Waals surface area contributed by atoms with E-state index in [9.17, 15) is 9.90 Å². The minimum atomic E-state index is -1.04. The number of hydrogen-bond donors (Lipinski definition) is 3. The largest absolute Gasteiger partial charge is 0.508 e. The van der Waals surface area contributed by atoms with Crippen molar-refractivity contribution >= 4 is 21.9 Å². The van der Waals surface area contributed by atoms with Crippen LogP contribution in [0, 0.1) is 0 Å². The van der Waals surface area contributed by atoms with Crippen LogP contribution in [0.1, 0.15) is 36.8 Å². The van der Waals surface area contributed by atoms with Gasteiger partial charge in [-0.15, -0.1) is 0 Å². The molecule has 94 valence electrons. The molecule has 0 heterocycles. The zero-order valence-electron chi connectivity index (χ0n) is 9.77. The lowest BCUT2D eigenvalue weighted by Gasteiger charge is -2.16. The molecule has 4 N–H and O–H groups in total. The fourth-order valence-corrected chi connectivity index (χ4v) is 2.49. The Morgan fingerprint density at radius 1 is 1.41 bits per heavy atom. The van der Waals surface area contributed by atoms with E-state index in [4.69, 9.17) is 10.8 Å². The molecule has 1 aromatic rings. The van der Waals surface area contributed by atoms with Crippen LogP contribution < -0.4 is 5.73 Å². The highest BCUT2D eigenvalue weighted by atomic mass is 79.9.